The second-order valence-corrected chi connectivity index (χ2v) is 6.50. The van der Waals surface area contributed by atoms with Crippen LogP contribution >= 0.6 is 11.3 Å². The molecule has 24 heavy (non-hydrogen) atoms. The van der Waals surface area contributed by atoms with Crippen LogP contribution in [0.5, 0.6) is 0 Å². The Hall–Kier alpha value is -2.47. The standard InChI is InChI=1S/C18H19NO4S/c1-12-4-6-13(7-5-12)15(20)8-9-17(21)19-14(11-18(22)23)16-3-2-10-24-16/h2-7,10,14H,8-9,11H2,1H3,(H,19,21)(H,22,23)/t14-/m1/s1. The molecule has 126 valence electrons. The number of hydrogen-bond donors (Lipinski definition) is 2. The minimum Gasteiger partial charge on any atom is -0.481 e. The van der Waals surface area contributed by atoms with Crippen molar-refractivity contribution < 1.29 is 19.5 Å². The fourth-order valence-electron chi connectivity index (χ4n) is 2.26. The molecule has 0 saturated heterocycles. The first-order chi connectivity index (χ1) is 11.5. The van der Waals surface area contributed by atoms with Crippen molar-refractivity contribution in [2.75, 3.05) is 0 Å². The number of carboxylic acids is 1. The first-order valence-electron chi connectivity index (χ1n) is 7.60. The molecular formula is C18H19NO4S. The maximum Gasteiger partial charge on any atom is 0.305 e. The number of aryl methyl sites for hydroxylation is 1. The van der Waals surface area contributed by atoms with Gasteiger partial charge in [0, 0.05) is 23.3 Å². The Morgan fingerprint density at radius 1 is 1.12 bits per heavy atom. The summed E-state index contributed by atoms with van der Waals surface area (Å²) in [7, 11) is 0. The molecule has 2 rings (SSSR count). The number of hydrogen-bond acceptors (Lipinski definition) is 4. The van der Waals surface area contributed by atoms with Gasteiger partial charge < -0.3 is 10.4 Å². The van der Waals surface area contributed by atoms with Crippen LogP contribution in [0.1, 0.15) is 46.1 Å². The van der Waals surface area contributed by atoms with E-state index in [4.69, 9.17) is 5.11 Å². The number of aliphatic carboxylic acids is 1. The lowest BCUT2D eigenvalue weighted by atomic mass is 10.0. The average molecular weight is 345 g/mol. The van der Waals surface area contributed by atoms with E-state index < -0.39 is 12.0 Å². The molecule has 0 aliphatic heterocycles. The normalized spacial score (nSPS) is 11.7. The van der Waals surface area contributed by atoms with Crippen molar-refractivity contribution in [1.29, 1.82) is 0 Å². The summed E-state index contributed by atoms with van der Waals surface area (Å²) in [5, 5.41) is 13.5. The fourth-order valence-corrected chi connectivity index (χ4v) is 3.04. The summed E-state index contributed by atoms with van der Waals surface area (Å²) in [6.45, 7) is 1.94. The second-order valence-electron chi connectivity index (χ2n) is 5.52. The SMILES string of the molecule is Cc1ccc(C(=O)CCC(=O)N[C@H](CC(=O)O)c2cccs2)cc1. The lowest BCUT2D eigenvalue weighted by molar-refractivity contribution is -0.137. The zero-order valence-corrected chi connectivity index (χ0v) is 14.1. The van der Waals surface area contributed by atoms with Crippen molar-refractivity contribution in [3.8, 4) is 0 Å². The van der Waals surface area contributed by atoms with Gasteiger partial charge in [0.1, 0.15) is 0 Å². The summed E-state index contributed by atoms with van der Waals surface area (Å²) in [4.78, 5) is 35.9. The van der Waals surface area contributed by atoms with Crippen molar-refractivity contribution >= 4 is 29.0 Å². The Labute approximate surface area is 144 Å². The van der Waals surface area contributed by atoms with Crippen LogP contribution in [0.15, 0.2) is 41.8 Å². The molecule has 2 N–H and O–H groups in total. The van der Waals surface area contributed by atoms with Crippen LogP contribution in [0, 0.1) is 6.92 Å². The molecule has 1 aromatic heterocycles. The molecule has 1 heterocycles. The highest BCUT2D eigenvalue weighted by atomic mass is 32.1. The average Bonchev–Trinajstić information content (AvgIpc) is 3.06. The molecule has 6 heteroatoms. The molecule has 5 nitrogen and oxygen atoms in total. The van der Waals surface area contributed by atoms with Crippen LogP contribution in [0.4, 0.5) is 0 Å². The molecule has 1 atom stereocenters. The van der Waals surface area contributed by atoms with Crippen LogP contribution in [0.25, 0.3) is 0 Å². The van der Waals surface area contributed by atoms with Gasteiger partial charge in [-0.05, 0) is 18.4 Å². The predicted molar refractivity (Wildman–Crippen MR) is 92.2 cm³/mol. The summed E-state index contributed by atoms with van der Waals surface area (Å²) in [6, 6.07) is 10.2. The van der Waals surface area contributed by atoms with Crippen molar-refractivity contribution in [3.63, 3.8) is 0 Å². The van der Waals surface area contributed by atoms with E-state index in [-0.39, 0.29) is 31.0 Å². The third-order valence-corrected chi connectivity index (χ3v) is 4.54. The van der Waals surface area contributed by atoms with E-state index in [0.717, 1.165) is 10.4 Å². The number of carbonyl (C=O) groups excluding carboxylic acids is 2. The Balaban J connectivity index is 1.90. The van der Waals surface area contributed by atoms with Crippen LogP contribution in [0.3, 0.4) is 0 Å². The number of carbonyl (C=O) groups is 3. The van der Waals surface area contributed by atoms with E-state index in [1.54, 1.807) is 18.2 Å². The van der Waals surface area contributed by atoms with Gasteiger partial charge in [-0.2, -0.15) is 0 Å². The summed E-state index contributed by atoms with van der Waals surface area (Å²) in [6.07, 6.45) is -0.0501. The molecule has 1 aromatic carbocycles. The zero-order valence-electron chi connectivity index (χ0n) is 13.3. The molecular weight excluding hydrogens is 326 g/mol. The quantitative estimate of drug-likeness (QED) is 0.719. The van der Waals surface area contributed by atoms with E-state index >= 15 is 0 Å². The molecule has 0 aliphatic rings. The zero-order chi connectivity index (χ0) is 17.5. The molecule has 2 aromatic rings. The molecule has 0 aliphatic carbocycles. The van der Waals surface area contributed by atoms with Crippen LogP contribution in [0.2, 0.25) is 0 Å². The van der Waals surface area contributed by atoms with Crippen molar-refractivity contribution in [1.82, 2.24) is 5.32 Å². The molecule has 0 saturated carbocycles. The molecule has 0 unspecified atom stereocenters. The van der Waals surface area contributed by atoms with Gasteiger partial charge in [-0.1, -0.05) is 35.9 Å². The Bertz CT molecular complexity index is 707. The van der Waals surface area contributed by atoms with Gasteiger partial charge in [0.05, 0.1) is 12.5 Å². The fraction of sp³-hybridized carbons (Fsp3) is 0.278. The van der Waals surface area contributed by atoms with Crippen LogP contribution in [-0.4, -0.2) is 22.8 Å². The smallest absolute Gasteiger partial charge is 0.305 e. The van der Waals surface area contributed by atoms with Gasteiger partial charge in [0.2, 0.25) is 5.91 Å². The maximum atomic E-state index is 12.1. The van der Waals surface area contributed by atoms with E-state index in [1.165, 1.54) is 11.3 Å². The first-order valence-corrected chi connectivity index (χ1v) is 8.48. The summed E-state index contributed by atoms with van der Waals surface area (Å²) < 4.78 is 0. The molecule has 0 bridgehead atoms. The van der Waals surface area contributed by atoms with Crippen molar-refractivity contribution in [2.45, 2.75) is 32.2 Å². The Morgan fingerprint density at radius 3 is 2.42 bits per heavy atom. The van der Waals surface area contributed by atoms with Crippen LogP contribution < -0.4 is 5.32 Å². The van der Waals surface area contributed by atoms with Crippen molar-refractivity contribution in [2.24, 2.45) is 0 Å². The highest BCUT2D eigenvalue weighted by Crippen LogP contribution is 2.22. The molecule has 0 radical (unpaired) electrons. The molecule has 1 amide bonds. The first kappa shape index (κ1) is 17.9. The molecule has 0 fully saturated rings. The number of rotatable bonds is 8. The summed E-state index contributed by atoms with van der Waals surface area (Å²) in [5.74, 6) is -1.41. The number of thiophene rings is 1. The van der Waals surface area contributed by atoms with Gasteiger partial charge in [-0.3, -0.25) is 14.4 Å². The van der Waals surface area contributed by atoms with E-state index in [2.05, 4.69) is 5.32 Å². The minimum atomic E-state index is -0.982. The van der Waals surface area contributed by atoms with E-state index in [9.17, 15) is 14.4 Å². The number of Topliss-reactive ketones (excluding diaryl/α,β-unsaturated/α-hetero) is 1. The van der Waals surface area contributed by atoms with E-state index in [1.807, 2.05) is 30.5 Å². The Kier molecular flexibility index (Phi) is 6.26. The third kappa shape index (κ3) is 5.31. The van der Waals surface area contributed by atoms with Gasteiger partial charge in [-0.25, -0.2) is 0 Å². The topological polar surface area (TPSA) is 83.5 Å². The number of benzene rings is 1. The number of ketones is 1. The lowest BCUT2D eigenvalue weighted by Crippen LogP contribution is -2.29. The number of nitrogens with one attached hydrogen (secondary N) is 1. The number of amides is 1. The van der Waals surface area contributed by atoms with Gasteiger partial charge in [0.15, 0.2) is 5.78 Å². The largest absolute Gasteiger partial charge is 0.481 e. The third-order valence-electron chi connectivity index (χ3n) is 3.55. The number of carboxylic acid groups (broad SMARTS) is 1. The molecule has 0 spiro atoms. The summed E-state index contributed by atoms with van der Waals surface area (Å²) in [5.41, 5.74) is 1.64. The van der Waals surface area contributed by atoms with Crippen molar-refractivity contribution in [3.05, 3.63) is 57.8 Å². The van der Waals surface area contributed by atoms with E-state index in [0.29, 0.717) is 5.56 Å². The second kappa shape index (κ2) is 8.40. The minimum absolute atomic E-state index is 0.0359. The Morgan fingerprint density at radius 2 is 1.83 bits per heavy atom. The monoisotopic (exact) mass is 345 g/mol. The summed E-state index contributed by atoms with van der Waals surface area (Å²) >= 11 is 1.39. The van der Waals surface area contributed by atoms with Crippen LogP contribution in [-0.2, 0) is 9.59 Å². The highest BCUT2D eigenvalue weighted by molar-refractivity contribution is 7.10. The lowest BCUT2D eigenvalue weighted by Gasteiger charge is -2.15. The maximum absolute atomic E-state index is 12.1. The van der Waals surface area contributed by atoms with Gasteiger partial charge in [0.25, 0.3) is 0 Å². The van der Waals surface area contributed by atoms with Gasteiger partial charge in [-0.15, -0.1) is 11.3 Å². The highest BCUT2D eigenvalue weighted by Gasteiger charge is 2.19. The van der Waals surface area contributed by atoms with Gasteiger partial charge >= 0.3 is 5.97 Å². The predicted octanol–water partition coefficient (Wildman–Crippen LogP) is 3.35.